The molecule has 2 unspecified atom stereocenters. The first-order chi connectivity index (χ1) is 13.6. The molecule has 2 aliphatic carbocycles. The van der Waals surface area contributed by atoms with Crippen LogP contribution in [0.15, 0.2) is 91.0 Å². The standard InChI is InChI=1S/2C9H7.C6H6N.2ClH.Zr/c2*1-2-5-9-7-3-6-8(9)4-1;7-6-4-2-1-3-5-6;;;/h2*1-7H;1-5,7H;2*1H;/q;;-1;;;+3/p-2. The van der Waals surface area contributed by atoms with E-state index in [1.54, 1.807) is 0 Å². The van der Waals surface area contributed by atoms with Crippen LogP contribution in [0.2, 0.25) is 0 Å². The number of hydrogen-bond donors (Lipinski definition) is 1. The SMILES string of the molecule is [Cl][Zr]([Cl])([NH]c1ccccc1)([CH]1C=Cc2ccccc21)[CH]1C=Cc2ccccc21. The molecule has 2 aliphatic rings. The Morgan fingerprint density at radius 2 is 1.07 bits per heavy atom. The van der Waals surface area contributed by atoms with Gasteiger partial charge in [0, 0.05) is 0 Å². The number of nitrogens with one attached hydrogen (secondary N) is 1. The van der Waals surface area contributed by atoms with Crippen molar-refractivity contribution < 1.29 is 16.7 Å². The van der Waals surface area contributed by atoms with Crippen molar-refractivity contribution in [3.8, 4) is 0 Å². The number of rotatable bonds is 4. The van der Waals surface area contributed by atoms with Crippen LogP contribution in [0.4, 0.5) is 5.69 Å². The Balaban J connectivity index is 1.70. The van der Waals surface area contributed by atoms with Crippen LogP contribution < -0.4 is 3.26 Å². The Labute approximate surface area is 174 Å². The Morgan fingerprint density at radius 1 is 0.607 bits per heavy atom. The van der Waals surface area contributed by atoms with Gasteiger partial charge < -0.3 is 0 Å². The summed E-state index contributed by atoms with van der Waals surface area (Å²) in [7, 11) is 15.5. The van der Waals surface area contributed by atoms with E-state index in [0.717, 1.165) is 5.69 Å². The molecule has 0 aliphatic heterocycles. The van der Waals surface area contributed by atoms with E-state index in [1.807, 2.05) is 30.3 Å². The van der Waals surface area contributed by atoms with Crippen molar-refractivity contribution in [3.63, 3.8) is 0 Å². The van der Waals surface area contributed by atoms with Crippen LogP contribution in [-0.2, 0) is 16.7 Å². The summed E-state index contributed by atoms with van der Waals surface area (Å²) in [6, 6.07) is 27.0. The molecule has 0 spiro atoms. The Morgan fingerprint density at radius 3 is 1.61 bits per heavy atom. The van der Waals surface area contributed by atoms with Gasteiger partial charge in [0.1, 0.15) is 0 Å². The fourth-order valence-electron chi connectivity index (χ4n) is 4.57. The monoisotopic (exact) mass is 482 g/mol. The zero-order chi connectivity index (χ0) is 19.2. The maximum atomic E-state index is 7.76. The van der Waals surface area contributed by atoms with E-state index in [1.165, 1.54) is 22.3 Å². The molecule has 1 N–H and O–H groups in total. The molecular weight excluding hydrogens is 464 g/mol. The van der Waals surface area contributed by atoms with Crippen molar-refractivity contribution in [2.24, 2.45) is 0 Å². The second-order valence-electron chi connectivity index (χ2n) is 7.57. The summed E-state index contributed by atoms with van der Waals surface area (Å²) in [6.07, 6.45) is 8.74. The third kappa shape index (κ3) is 2.86. The van der Waals surface area contributed by atoms with Crippen molar-refractivity contribution in [2.45, 2.75) is 7.25 Å². The van der Waals surface area contributed by atoms with Crippen LogP contribution in [0.1, 0.15) is 29.5 Å². The number of allylic oxidation sites excluding steroid dienone is 2. The number of halogens is 2. The number of hydrogen-bond acceptors (Lipinski definition) is 1. The third-order valence-corrected chi connectivity index (χ3v) is 22.5. The quantitative estimate of drug-likeness (QED) is 0.403. The van der Waals surface area contributed by atoms with Gasteiger partial charge in [-0.05, 0) is 0 Å². The topological polar surface area (TPSA) is 12.0 Å². The van der Waals surface area contributed by atoms with Crippen molar-refractivity contribution in [2.75, 3.05) is 3.26 Å². The summed E-state index contributed by atoms with van der Waals surface area (Å²) in [6.45, 7) is 0. The molecule has 0 saturated heterocycles. The molecule has 4 heteroatoms. The predicted molar refractivity (Wildman–Crippen MR) is 118 cm³/mol. The summed E-state index contributed by atoms with van der Waals surface area (Å²) in [4.78, 5) is 0. The molecule has 3 aromatic rings. The van der Waals surface area contributed by atoms with E-state index in [-0.39, 0.29) is 7.25 Å². The second kappa shape index (κ2) is 6.73. The summed E-state index contributed by atoms with van der Waals surface area (Å²) < 4.78 is 3.71. The van der Waals surface area contributed by atoms with Gasteiger partial charge in [0.05, 0.1) is 0 Å². The van der Waals surface area contributed by atoms with Crippen molar-refractivity contribution in [3.05, 3.63) is 113 Å². The molecule has 0 fully saturated rings. The minimum atomic E-state index is -4.76. The number of para-hydroxylation sites is 1. The summed E-state index contributed by atoms with van der Waals surface area (Å²) >= 11 is -4.76. The summed E-state index contributed by atoms with van der Waals surface area (Å²) in [5, 5.41) is 0. The predicted octanol–water partition coefficient (Wildman–Crippen LogP) is 7.55. The van der Waals surface area contributed by atoms with Crippen LogP contribution in [-0.4, -0.2) is 0 Å². The van der Waals surface area contributed by atoms with Crippen LogP contribution in [0.5, 0.6) is 0 Å². The Hall–Kier alpha value is -1.60. The maximum absolute atomic E-state index is 7.76. The van der Waals surface area contributed by atoms with E-state index < -0.39 is 16.7 Å². The van der Waals surface area contributed by atoms with Crippen LogP contribution in [0, 0.1) is 0 Å². The molecule has 0 heterocycles. The van der Waals surface area contributed by atoms with E-state index in [4.69, 9.17) is 17.0 Å². The van der Waals surface area contributed by atoms with Gasteiger partial charge >= 0.3 is 175 Å². The van der Waals surface area contributed by atoms with Crippen LogP contribution >= 0.6 is 17.0 Å². The first-order valence-electron chi connectivity index (χ1n) is 9.51. The molecule has 1 nitrogen and oxygen atoms in total. The van der Waals surface area contributed by atoms with Crippen molar-refractivity contribution in [1.29, 1.82) is 0 Å². The molecule has 0 amide bonds. The fourth-order valence-corrected chi connectivity index (χ4v) is 20.1. The van der Waals surface area contributed by atoms with Gasteiger partial charge in [0.25, 0.3) is 0 Å². The molecular formula is C24H20Cl2NZr. The number of benzene rings is 3. The average molecular weight is 485 g/mol. The first-order valence-corrected chi connectivity index (χ1v) is 19.9. The van der Waals surface area contributed by atoms with Gasteiger partial charge in [0.15, 0.2) is 0 Å². The van der Waals surface area contributed by atoms with E-state index in [2.05, 4.69) is 76.1 Å². The molecule has 5 rings (SSSR count). The van der Waals surface area contributed by atoms with Crippen molar-refractivity contribution >= 4 is 34.9 Å². The van der Waals surface area contributed by atoms with Gasteiger partial charge in [0.2, 0.25) is 0 Å². The molecule has 2 atom stereocenters. The fraction of sp³-hybridized carbons (Fsp3) is 0.0833. The normalized spacial score (nSPS) is 21.0. The molecule has 0 radical (unpaired) electrons. The zero-order valence-electron chi connectivity index (χ0n) is 15.2. The number of fused-ring (bicyclic) bond motifs is 2. The molecule has 28 heavy (non-hydrogen) atoms. The average Bonchev–Trinajstić information content (AvgIpc) is 3.34. The molecule has 139 valence electrons. The summed E-state index contributed by atoms with van der Waals surface area (Å²) in [5.74, 6) is 0. The Kier molecular flexibility index (Phi) is 4.43. The molecule has 0 saturated carbocycles. The zero-order valence-corrected chi connectivity index (χ0v) is 19.2. The minimum absolute atomic E-state index is 0.0121. The van der Waals surface area contributed by atoms with Crippen molar-refractivity contribution in [1.82, 2.24) is 0 Å². The Bertz CT molecular complexity index is 1040. The molecule has 3 aromatic carbocycles. The van der Waals surface area contributed by atoms with E-state index in [0.29, 0.717) is 0 Å². The number of anilines is 1. The van der Waals surface area contributed by atoms with Crippen LogP contribution in [0.3, 0.4) is 0 Å². The van der Waals surface area contributed by atoms with E-state index >= 15 is 0 Å². The van der Waals surface area contributed by atoms with Gasteiger partial charge in [-0.3, -0.25) is 0 Å². The summed E-state index contributed by atoms with van der Waals surface area (Å²) in [5.41, 5.74) is 5.84. The first kappa shape index (κ1) is 18.4. The van der Waals surface area contributed by atoms with Gasteiger partial charge in [-0.1, -0.05) is 0 Å². The van der Waals surface area contributed by atoms with Crippen LogP contribution in [0.25, 0.3) is 12.2 Å². The second-order valence-corrected chi connectivity index (χ2v) is 27.7. The third-order valence-electron chi connectivity index (χ3n) is 5.90. The van der Waals surface area contributed by atoms with Gasteiger partial charge in [-0.25, -0.2) is 0 Å². The van der Waals surface area contributed by atoms with Gasteiger partial charge in [-0.15, -0.1) is 0 Å². The van der Waals surface area contributed by atoms with E-state index in [9.17, 15) is 0 Å². The van der Waals surface area contributed by atoms with Gasteiger partial charge in [-0.2, -0.15) is 0 Å². The molecule has 0 bridgehead atoms. The molecule has 0 aromatic heterocycles.